The first kappa shape index (κ1) is 22.2. The topological polar surface area (TPSA) is 80.7 Å². The van der Waals surface area contributed by atoms with Gasteiger partial charge < -0.3 is 19.9 Å². The van der Waals surface area contributed by atoms with Gasteiger partial charge in [0, 0.05) is 43.4 Å². The summed E-state index contributed by atoms with van der Waals surface area (Å²) in [5.41, 5.74) is 5.16. The summed E-state index contributed by atoms with van der Waals surface area (Å²) >= 11 is 0. The number of aryl methyl sites for hydroxylation is 1. The molecule has 162 valence electrons. The Kier molecular flexibility index (Phi) is 7.45. The van der Waals surface area contributed by atoms with Gasteiger partial charge in [0.1, 0.15) is 12.4 Å². The molecule has 1 unspecified atom stereocenters. The van der Waals surface area contributed by atoms with E-state index in [1.807, 2.05) is 26.0 Å². The fraction of sp³-hybridized carbons (Fsp3) is 0.500. The Balaban J connectivity index is 1.80. The molecule has 3 rings (SSSR count). The lowest BCUT2D eigenvalue weighted by Crippen LogP contribution is -2.38. The van der Waals surface area contributed by atoms with Crippen molar-refractivity contribution in [1.29, 1.82) is 0 Å². The van der Waals surface area contributed by atoms with E-state index in [9.17, 15) is 9.90 Å². The first-order chi connectivity index (χ1) is 14.4. The second-order valence-electron chi connectivity index (χ2n) is 8.08. The van der Waals surface area contributed by atoms with Crippen molar-refractivity contribution in [3.05, 3.63) is 58.4 Å². The van der Waals surface area contributed by atoms with Gasteiger partial charge in [0.25, 0.3) is 0 Å². The van der Waals surface area contributed by atoms with Crippen LogP contribution in [0.5, 0.6) is 5.75 Å². The molecule has 1 aliphatic rings. The molecule has 6 heteroatoms. The van der Waals surface area contributed by atoms with E-state index < -0.39 is 6.10 Å². The predicted octanol–water partition coefficient (Wildman–Crippen LogP) is 3.27. The third-order valence-corrected chi connectivity index (χ3v) is 6.13. The molecule has 30 heavy (non-hydrogen) atoms. The molecule has 1 aromatic carbocycles. The Morgan fingerprint density at radius 3 is 2.90 bits per heavy atom. The van der Waals surface area contributed by atoms with Crippen LogP contribution in [0, 0.1) is 25.7 Å². The third kappa shape index (κ3) is 4.82. The maximum Gasteiger partial charge on any atom is 0.223 e. The lowest BCUT2D eigenvalue weighted by atomic mass is 9.72. The fourth-order valence-corrected chi connectivity index (χ4v) is 4.33. The van der Waals surface area contributed by atoms with Crippen LogP contribution in [0.2, 0.25) is 0 Å². The predicted molar refractivity (Wildman–Crippen MR) is 115 cm³/mol. The quantitative estimate of drug-likeness (QED) is 0.651. The van der Waals surface area contributed by atoms with E-state index in [0.717, 1.165) is 40.8 Å². The molecule has 0 spiro atoms. The molecule has 0 fully saturated rings. The molecule has 1 aromatic heterocycles. The normalized spacial score (nSPS) is 19.1. The molecule has 2 N–H and O–H groups in total. The van der Waals surface area contributed by atoms with Crippen molar-refractivity contribution in [3.8, 4) is 5.75 Å². The number of nitrogens with one attached hydrogen (secondary N) is 1. The minimum Gasteiger partial charge on any atom is -0.489 e. The summed E-state index contributed by atoms with van der Waals surface area (Å²) in [7, 11) is 1.61. The number of methoxy groups -OCH3 is 1. The monoisotopic (exact) mass is 412 g/mol. The van der Waals surface area contributed by atoms with Gasteiger partial charge in [-0.3, -0.25) is 9.78 Å². The molecular formula is C24H32N2O4. The summed E-state index contributed by atoms with van der Waals surface area (Å²) in [6.07, 6.45) is 4.46. The highest BCUT2D eigenvalue weighted by Crippen LogP contribution is 2.44. The minimum absolute atomic E-state index is 0.0436. The van der Waals surface area contributed by atoms with Crippen molar-refractivity contribution in [2.24, 2.45) is 11.8 Å². The number of aliphatic hydroxyl groups is 1. The number of hydrogen-bond acceptors (Lipinski definition) is 5. The molecule has 3 atom stereocenters. The molecule has 0 saturated heterocycles. The molecule has 0 saturated carbocycles. The molecule has 1 heterocycles. The highest BCUT2D eigenvalue weighted by Gasteiger charge is 2.37. The van der Waals surface area contributed by atoms with E-state index >= 15 is 0 Å². The Labute approximate surface area is 178 Å². The van der Waals surface area contributed by atoms with Gasteiger partial charge in [0.15, 0.2) is 0 Å². The molecule has 0 bridgehead atoms. The number of pyridine rings is 1. The molecule has 2 aromatic rings. The van der Waals surface area contributed by atoms with Crippen LogP contribution in [-0.4, -0.2) is 36.3 Å². The number of aliphatic hydroxyl groups excluding tert-OH is 1. The van der Waals surface area contributed by atoms with Crippen LogP contribution in [0.1, 0.15) is 47.3 Å². The highest BCUT2D eigenvalue weighted by molar-refractivity contribution is 5.78. The third-order valence-electron chi connectivity index (χ3n) is 6.13. The Morgan fingerprint density at radius 2 is 2.20 bits per heavy atom. The molecule has 0 aliphatic heterocycles. The number of rotatable bonds is 8. The second-order valence-corrected chi connectivity index (χ2v) is 8.08. The van der Waals surface area contributed by atoms with Crippen molar-refractivity contribution in [2.75, 3.05) is 20.3 Å². The smallest absolute Gasteiger partial charge is 0.223 e. The summed E-state index contributed by atoms with van der Waals surface area (Å²) in [4.78, 5) is 16.7. The molecule has 6 nitrogen and oxygen atoms in total. The van der Waals surface area contributed by atoms with E-state index in [1.165, 1.54) is 5.56 Å². The number of aromatic nitrogens is 1. The molecule has 1 amide bonds. The Hall–Kier alpha value is -2.44. The minimum atomic E-state index is -0.697. The molecular weight excluding hydrogens is 380 g/mol. The van der Waals surface area contributed by atoms with Gasteiger partial charge in [-0.05, 0) is 61.1 Å². The van der Waals surface area contributed by atoms with Crippen LogP contribution in [-0.2, 0) is 22.6 Å². The first-order valence-electron chi connectivity index (χ1n) is 10.5. The summed E-state index contributed by atoms with van der Waals surface area (Å²) in [5.74, 6) is 0.307. The zero-order valence-electron chi connectivity index (χ0n) is 18.3. The van der Waals surface area contributed by atoms with Crippen molar-refractivity contribution in [3.63, 3.8) is 0 Å². The SMILES string of the molecule is COCCNC(=O)[C@@H](C)C1CCc2c(C)cc(OCc3cccnc3)c(C)c2[C@@H]1O. The number of hydrogen-bond donors (Lipinski definition) is 2. The maximum absolute atomic E-state index is 12.5. The summed E-state index contributed by atoms with van der Waals surface area (Å²) < 4.78 is 11.1. The van der Waals surface area contributed by atoms with Gasteiger partial charge >= 0.3 is 0 Å². The van der Waals surface area contributed by atoms with Crippen LogP contribution in [0.15, 0.2) is 30.6 Å². The van der Waals surface area contributed by atoms with Crippen molar-refractivity contribution in [2.45, 2.75) is 46.3 Å². The Morgan fingerprint density at radius 1 is 1.40 bits per heavy atom. The molecule has 0 radical (unpaired) electrons. The number of ether oxygens (including phenoxy) is 2. The number of amides is 1. The van der Waals surface area contributed by atoms with Gasteiger partial charge in [-0.15, -0.1) is 0 Å². The standard InChI is InChI=1S/C24H32N2O4/c1-15-12-21(30-14-18-6-5-9-25-13-18)17(3)22-19(15)7-8-20(23(22)27)16(2)24(28)26-10-11-29-4/h5-6,9,12-13,16,20,23,27H,7-8,10-11,14H2,1-4H3,(H,26,28)/t16-,20?,23+/m0/s1. The summed E-state index contributed by atoms with van der Waals surface area (Å²) in [5, 5.41) is 14.2. The number of fused-ring (bicyclic) bond motifs is 1. The second kappa shape index (κ2) is 10.0. The first-order valence-corrected chi connectivity index (χ1v) is 10.5. The maximum atomic E-state index is 12.5. The van der Waals surface area contributed by atoms with Crippen LogP contribution in [0.3, 0.4) is 0 Å². The van der Waals surface area contributed by atoms with Gasteiger partial charge in [0.05, 0.1) is 12.7 Å². The summed E-state index contributed by atoms with van der Waals surface area (Å²) in [6.45, 7) is 7.32. The highest BCUT2D eigenvalue weighted by atomic mass is 16.5. The van der Waals surface area contributed by atoms with Crippen LogP contribution in [0.25, 0.3) is 0 Å². The average molecular weight is 413 g/mol. The lowest BCUT2D eigenvalue weighted by Gasteiger charge is -2.36. The number of benzene rings is 1. The van der Waals surface area contributed by atoms with E-state index in [2.05, 4.69) is 23.3 Å². The zero-order valence-corrected chi connectivity index (χ0v) is 18.3. The Bertz CT molecular complexity index is 869. The fourth-order valence-electron chi connectivity index (χ4n) is 4.33. The van der Waals surface area contributed by atoms with E-state index in [0.29, 0.717) is 19.8 Å². The zero-order chi connectivity index (χ0) is 21.7. The van der Waals surface area contributed by atoms with E-state index in [-0.39, 0.29) is 17.7 Å². The van der Waals surface area contributed by atoms with Crippen LogP contribution < -0.4 is 10.1 Å². The van der Waals surface area contributed by atoms with Crippen molar-refractivity contribution < 1.29 is 19.4 Å². The summed E-state index contributed by atoms with van der Waals surface area (Å²) in [6, 6.07) is 5.91. The van der Waals surface area contributed by atoms with Gasteiger partial charge in [-0.2, -0.15) is 0 Å². The number of carbonyl (C=O) groups is 1. The average Bonchev–Trinajstić information content (AvgIpc) is 2.75. The van der Waals surface area contributed by atoms with Gasteiger partial charge in [-0.25, -0.2) is 0 Å². The molecule has 1 aliphatic carbocycles. The lowest BCUT2D eigenvalue weighted by molar-refractivity contribution is -0.128. The van der Waals surface area contributed by atoms with Gasteiger partial charge in [-0.1, -0.05) is 13.0 Å². The number of carbonyl (C=O) groups excluding carboxylic acids is 1. The van der Waals surface area contributed by atoms with E-state index in [1.54, 1.807) is 19.5 Å². The number of nitrogens with zero attached hydrogens (tertiary/aromatic N) is 1. The largest absolute Gasteiger partial charge is 0.489 e. The van der Waals surface area contributed by atoms with E-state index in [4.69, 9.17) is 9.47 Å². The van der Waals surface area contributed by atoms with Gasteiger partial charge in [0.2, 0.25) is 5.91 Å². The van der Waals surface area contributed by atoms with Crippen molar-refractivity contribution >= 4 is 5.91 Å². The van der Waals surface area contributed by atoms with Crippen molar-refractivity contribution in [1.82, 2.24) is 10.3 Å². The van der Waals surface area contributed by atoms with Crippen LogP contribution >= 0.6 is 0 Å². The van der Waals surface area contributed by atoms with Crippen LogP contribution in [0.4, 0.5) is 0 Å².